The summed E-state index contributed by atoms with van der Waals surface area (Å²) in [6.45, 7) is 4.08. The lowest BCUT2D eigenvalue weighted by Crippen LogP contribution is -2.41. The van der Waals surface area contributed by atoms with E-state index in [1.165, 1.54) is 30.4 Å². The molecule has 2 saturated heterocycles. The Kier molecular flexibility index (Phi) is 10.6. The first-order chi connectivity index (χ1) is 18.0. The van der Waals surface area contributed by atoms with Gasteiger partial charge in [-0.05, 0) is 94.1 Å². The maximum atomic E-state index is 11.6. The van der Waals surface area contributed by atoms with Crippen molar-refractivity contribution < 1.29 is 15.0 Å². The van der Waals surface area contributed by atoms with E-state index in [4.69, 9.17) is 0 Å². The van der Waals surface area contributed by atoms with Crippen molar-refractivity contribution in [1.82, 2.24) is 9.80 Å². The van der Waals surface area contributed by atoms with Crippen molar-refractivity contribution in [2.45, 2.75) is 75.9 Å². The molecule has 37 heavy (non-hydrogen) atoms. The van der Waals surface area contributed by atoms with Crippen LogP contribution in [0, 0.1) is 11.8 Å². The molecule has 0 bridgehead atoms. The summed E-state index contributed by atoms with van der Waals surface area (Å²) >= 11 is 0. The molecule has 2 aliphatic heterocycles. The van der Waals surface area contributed by atoms with Crippen LogP contribution >= 0.6 is 0 Å². The lowest BCUT2D eigenvalue weighted by molar-refractivity contribution is -0.143. The topological polar surface area (TPSA) is 64.0 Å². The average molecular weight is 507 g/mol. The fourth-order valence-corrected chi connectivity index (χ4v) is 6.13. The molecule has 0 spiro atoms. The van der Waals surface area contributed by atoms with Gasteiger partial charge in [0, 0.05) is 6.54 Å². The van der Waals surface area contributed by atoms with Gasteiger partial charge in [0.15, 0.2) is 0 Å². The number of aliphatic carboxylic acids is 1. The summed E-state index contributed by atoms with van der Waals surface area (Å²) in [5.41, 5.74) is 2.68. The second-order valence-electron chi connectivity index (χ2n) is 11.5. The van der Waals surface area contributed by atoms with Crippen molar-refractivity contribution in [2.75, 3.05) is 33.2 Å². The van der Waals surface area contributed by atoms with Crippen LogP contribution in [0.2, 0.25) is 0 Å². The molecule has 2 N–H and O–H groups in total. The van der Waals surface area contributed by atoms with Crippen molar-refractivity contribution in [3.8, 4) is 0 Å². The van der Waals surface area contributed by atoms with E-state index in [-0.39, 0.29) is 12.1 Å². The quantitative estimate of drug-likeness (QED) is 0.474. The van der Waals surface area contributed by atoms with Crippen molar-refractivity contribution in [3.63, 3.8) is 0 Å². The maximum absolute atomic E-state index is 11.6. The van der Waals surface area contributed by atoms with E-state index in [0.717, 1.165) is 64.7 Å². The maximum Gasteiger partial charge on any atom is 0.320 e. The van der Waals surface area contributed by atoms with E-state index in [0.29, 0.717) is 17.8 Å². The number of piperidine rings is 1. The van der Waals surface area contributed by atoms with Crippen LogP contribution in [0.5, 0.6) is 0 Å². The molecule has 2 heterocycles. The van der Waals surface area contributed by atoms with Gasteiger partial charge in [0.1, 0.15) is 6.04 Å². The molecule has 3 aliphatic rings. The fourth-order valence-electron chi connectivity index (χ4n) is 6.13. The summed E-state index contributed by atoms with van der Waals surface area (Å²) in [6, 6.07) is 20.7. The number of carbonyl (C=O) groups is 1. The van der Waals surface area contributed by atoms with Crippen LogP contribution in [0.25, 0.3) is 0 Å². The van der Waals surface area contributed by atoms with Gasteiger partial charge in [-0.2, -0.15) is 0 Å². The molecule has 0 amide bonds. The SMILES string of the molecule is CN1CCC(C(O)CCc2ccccc2)CC1.O=C(O)C(CC1CCC1)N1CCC(c2ccccc2)C1. The Morgan fingerprint density at radius 1 is 0.919 bits per heavy atom. The van der Waals surface area contributed by atoms with Gasteiger partial charge in [-0.3, -0.25) is 9.69 Å². The predicted molar refractivity (Wildman–Crippen MR) is 150 cm³/mol. The third kappa shape index (κ3) is 8.39. The van der Waals surface area contributed by atoms with Crippen LogP contribution in [-0.2, 0) is 11.2 Å². The Morgan fingerprint density at radius 3 is 2.16 bits per heavy atom. The molecular weight excluding hydrogens is 460 g/mol. The van der Waals surface area contributed by atoms with Crippen molar-refractivity contribution in [1.29, 1.82) is 0 Å². The number of nitrogens with zero attached hydrogens (tertiary/aromatic N) is 2. The molecule has 3 unspecified atom stereocenters. The molecular formula is C32H46N2O3. The number of hydrogen-bond acceptors (Lipinski definition) is 4. The van der Waals surface area contributed by atoms with Crippen LogP contribution < -0.4 is 0 Å². The third-order valence-corrected chi connectivity index (χ3v) is 8.88. The number of aryl methyl sites for hydroxylation is 1. The highest BCUT2D eigenvalue weighted by molar-refractivity contribution is 5.73. The zero-order chi connectivity index (χ0) is 26.0. The molecule has 5 heteroatoms. The number of rotatable bonds is 9. The van der Waals surface area contributed by atoms with E-state index in [9.17, 15) is 15.0 Å². The average Bonchev–Trinajstić information content (AvgIpc) is 3.38. The molecule has 2 aromatic carbocycles. The Morgan fingerprint density at radius 2 is 1.57 bits per heavy atom. The minimum Gasteiger partial charge on any atom is -0.480 e. The summed E-state index contributed by atoms with van der Waals surface area (Å²) in [5, 5.41) is 19.7. The lowest BCUT2D eigenvalue weighted by Gasteiger charge is -2.32. The number of aliphatic hydroxyl groups excluding tert-OH is 1. The molecule has 3 fully saturated rings. The minimum absolute atomic E-state index is 0.121. The first kappa shape index (κ1) is 27.8. The first-order valence-electron chi connectivity index (χ1n) is 14.4. The molecule has 1 aliphatic carbocycles. The number of carboxylic acids is 1. The smallest absolute Gasteiger partial charge is 0.320 e. The summed E-state index contributed by atoms with van der Waals surface area (Å²) < 4.78 is 0. The second-order valence-corrected chi connectivity index (χ2v) is 11.5. The van der Waals surface area contributed by atoms with E-state index in [1.807, 2.05) is 12.1 Å². The van der Waals surface area contributed by atoms with E-state index in [2.05, 4.69) is 65.4 Å². The lowest BCUT2D eigenvalue weighted by atomic mass is 9.80. The van der Waals surface area contributed by atoms with Crippen LogP contribution in [0.3, 0.4) is 0 Å². The van der Waals surface area contributed by atoms with Crippen molar-refractivity contribution in [2.24, 2.45) is 11.8 Å². The van der Waals surface area contributed by atoms with Gasteiger partial charge in [0.05, 0.1) is 6.10 Å². The third-order valence-electron chi connectivity index (χ3n) is 8.88. The van der Waals surface area contributed by atoms with E-state index < -0.39 is 5.97 Å². The molecule has 2 aromatic rings. The molecule has 5 nitrogen and oxygen atoms in total. The summed E-state index contributed by atoms with van der Waals surface area (Å²) in [4.78, 5) is 16.1. The molecule has 0 radical (unpaired) electrons. The second kappa shape index (κ2) is 14.1. The Balaban J connectivity index is 0.000000176. The van der Waals surface area contributed by atoms with Crippen LogP contribution in [0.15, 0.2) is 60.7 Å². The molecule has 0 aromatic heterocycles. The van der Waals surface area contributed by atoms with Gasteiger partial charge >= 0.3 is 5.97 Å². The number of likely N-dealkylation sites (tertiary alicyclic amines) is 2. The summed E-state index contributed by atoms with van der Waals surface area (Å²) in [6.07, 6.45) is 9.72. The predicted octanol–water partition coefficient (Wildman–Crippen LogP) is 5.44. The van der Waals surface area contributed by atoms with Crippen molar-refractivity contribution >= 4 is 5.97 Å². The van der Waals surface area contributed by atoms with E-state index >= 15 is 0 Å². The number of benzene rings is 2. The molecule has 3 atom stereocenters. The largest absolute Gasteiger partial charge is 0.480 e. The number of hydrogen-bond donors (Lipinski definition) is 2. The first-order valence-corrected chi connectivity index (χ1v) is 14.4. The Labute approximate surface area is 223 Å². The van der Waals surface area contributed by atoms with Gasteiger partial charge in [0.25, 0.3) is 0 Å². The Bertz CT molecular complexity index is 926. The summed E-state index contributed by atoms with van der Waals surface area (Å²) in [5.74, 6) is 1.02. The Hall–Kier alpha value is -2.21. The van der Waals surface area contributed by atoms with Gasteiger partial charge < -0.3 is 15.1 Å². The zero-order valence-electron chi connectivity index (χ0n) is 22.5. The standard InChI is InChI=1S/C17H23NO2.C15H23NO/c19-17(20)16(11-13-5-4-6-13)18-10-9-15(12-18)14-7-2-1-3-8-14;1-16-11-9-14(10-12-16)15(17)8-7-13-5-3-2-4-6-13/h1-3,7-8,13,15-16H,4-6,9-12H2,(H,19,20);2-6,14-15,17H,7-12H2,1H3. The molecule has 202 valence electrons. The van der Waals surface area contributed by atoms with Crippen LogP contribution in [-0.4, -0.2) is 71.4 Å². The number of carboxylic acid groups (broad SMARTS) is 1. The molecule has 5 rings (SSSR count). The highest BCUT2D eigenvalue weighted by Gasteiger charge is 2.35. The minimum atomic E-state index is -0.634. The summed E-state index contributed by atoms with van der Waals surface area (Å²) in [7, 11) is 2.16. The van der Waals surface area contributed by atoms with Gasteiger partial charge in [-0.1, -0.05) is 79.9 Å². The van der Waals surface area contributed by atoms with Crippen LogP contribution in [0.4, 0.5) is 0 Å². The molecule has 1 saturated carbocycles. The zero-order valence-corrected chi connectivity index (χ0v) is 22.5. The van der Waals surface area contributed by atoms with Gasteiger partial charge in [0.2, 0.25) is 0 Å². The van der Waals surface area contributed by atoms with Gasteiger partial charge in [-0.25, -0.2) is 0 Å². The van der Waals surface area contributed by atoms with E-state index in [1.54, 1.807) is 0 Å². The fraction of sp³-hybridized carbons (Fsp3) is 0.594. The van der Waals surface area contributed by atoms with Crippen LogP contribution in [0.1, 0.15) is 68.4 Å². The number of aliphatic hydroxyl groups is 1. The highest BCUT2D eigenvalue weighted by atomic mass is 16.4. The highest BCUT2D eigenvalue weighted by Crippen LogP contribution is 2.35. The van der Waals surface area contributed by atoms with Gasteiger partial charge in [-0.15, -0.1) is 0 Å². The normalized spacial score (nSPS) is 23.0. The monoisotopic (exact) mass is 506 g/mol. The van der Waals surface area contributed by atoms with Crippen molar-refractivity contribution in [3.05, 3.63) is 71.8 Å².